The third-order valence-electron chi connectivity index (χ3n) is 3.56. The van der Waals surface area contributed by atoms with Crippen molar-refractivity contribution in [3.05, 3.63) is 29.3 Å². The first-order valence-electron chi connectivity index (χ1n) is 6.21. The fraction of sp³-hybridized carbons (Fsp3) is 0.500. The minimum atomic E-state index is -0.0616. The molecule has 4 nitrogen and oxygen atoms in total. The van der Waals surface area contributed by atoms with Gasteiger partial charge in [-0.2, -0.15) is 0 Å². The molecule has 0 spiro atoms. The number of hydrogen-bond acceptors (Lipinski definition) is 4. The number of ether oxygens (including phenoxy) is 2. The van der Waals surface area contributed by atoms with Gasteiger partial charge in [0, 0.05) is 37.8 Å². The van der Waals surface area contributed by atoms with E-state index < -0.39 is 0 Å². The molecule has 0 saturated carbocycles. The van der Waals surface area contributed by atoms with Crippen molar-refractivity contribution in [2.75, 3.05) is 27.3 Å². The van der Waals surface area contributed by atoms with Gasteiger partial charge in [0.2, 0.25) is 0 Å². The summed E-state index contributed by atoms with van der Waals surface area (Å²) in [7, 11) is 3.29. The number of hydrogen-bond donors (Lipinski definition) is 1. The Morgan fingerprint density at radius 3 is 2.37 bits per heavy atom. The van der Waals surface area contributed by atoms with Crippen molar-refractivity contribution in [3.8, 4) is 0 Å². The maximum absolute atomic E-state index is 12.5. The van der Waals surface area contributed by atoms with Gasteiger partial charge in [-0.3, -0.25) is 4.79 Å². The Bertz CT molecular complexity index is 466. The van der Waals surface area contributed by atoms with Gasteiger partial charge in [0.15, 0.2) is 0 Å². The number of carbonyl (C=O) groups is 1. The molecule has 2 atom stereocenters. The zero-order valence-corrected chi connectivity index (χ0v) is 12.3. The van der Waals surface area contributed by atoms with E-state index in [2.05, 4.69) is 12.6 Å². The first kappa shape index (κ1) is 14.4. The molecule has 19 heavy (non-hydrogen) atoms. The van der Waals surface area contributed by atoms with E-state index >= 15 is 0 Å². The molecule has 2 rings (SSSR count). The van der Waals surface area contributed by atoms with E-state index in [-0.39, 0.29) is 18.1 Å². The van der Waals surface area contributed by atoms with Gasteiger partial charge in [0.1, 0.15) is 12.2 Å². The Kier molecular flexibility index (Phi) is 4.50. The predicted octanol–water partition coefficient (Wildman–Crippen LogP) is 1.77. The number of carbonyl (C=O) groups excluding carboxylic acids is 1. The van der Waals surface area contributed by atoms with Crippen LogP contribution in [0.5, 0.6) is 0 Å². The van der Waals surface area contributed by atoms with Crippen molar-refractivity contribution in [3.63, 3.8) is 0 Å². The minimum absolute atomic E-state index is 0.00926. The van der Waals surface area contributed by atoms with E-state index in [1.165, 1.54) is 0 Å². The van der Waals surface area contributed by atoms with E-state index in [0.29, 0.717) is 18.7 Å². The van der Waals surface area contributed by atoms with Gasteiger partial charge in [0.25, 0.3) is 5.91 Å². The molecular weight excluding hydrogens is 262 g/mol. The van der Waals surface area contributed by atoms with E-state index in [0.717, 1.165) is 10.5 Å². The van der Waals surface area contributed by atoms with Crippen molar-refractivity contribution >= 4 is 18.5 Å². The van der Waals surface area contributed by atoms with Crippen LogP contribution in [0.2, 0.25) is 0 Å². The number of aryl methyl sites for hydroxylation is 1. The quantitative estimate of drug-likeness (QED) is 0.858. The van der Waals surface area contributed by atoms with Crippen LogP contribution in [0.3, 0.4) is 0 Å². The summed E-state index contributed by atoms with van der Waals surface area (Å²) in [6.45, 7) is 3.05. The van der Waals surface area contributed by atoms with Crippen LogP contribution in [0.25, 0.3) is 0 Å². The number of methoxy groups -OCH3 is 2. The zero-order valence-electron chi connectivity index (χ0n) is 11.4. The second kappa shape index (κ2) is 5.94. The molecule has 5 heteroatoms. The summed E-state index contributed by atoms with van der Waals surface area (Å²) in [6.07, 6.45) is -0.123. The van der Waals surface area contributed by atoms with Gasteiger partial charge in [-0.15, -0.1) is 12.6 Å². The molecule has 1 aliphatic heterocycles. The highest BCUT2D eigenvalue weighted by Gasteiger charge is 2.36. The Morgan fingerprint density at radius 1 is 1.26 bits per heavy atom. The fourth-order valence-electron chi connectivity index (χ4n) is 2.37. The number of nitrogens with zero attached hydrogens (tertiary/aromatic N) is 1. The SMILES string of the molecule is COC1CN(C(=O)c2cc(S)ccc2C)CC1OC. The molecule has 1 heterocycles. The van der Waals surface area contributed by atoms with E-state index in [1.54, 1.807) is 19.1 Å². The largest absolute Gasteiger partial charge is 0.377 e. The average molecular weight is 281 g/mol. The van der Waals surface area contributed by atoms with Crippen molar-refractivity contribution in [2.45, 2.75) is 24.0 Å². The first-order valence-corrected chi connectivity index (χ1v) is 6.66. The Hall–Kier alpha value is -1.04. The Balaban J connectivity index is 2.19. The maximum Gasteiger partial charge on any atom is 0.254 e. The highest BCUT2D eigenvalue weighted by Crippen LogP contribution is 2.21. The summed E-state index contributed by atoms with van der Waals surface area (Å²) in [5, 5.41) is 0. The van der Waals surface area contributed by atoms with Gasteiger partial charge in [-0.05, 0) is 24.6 Å². The Labute approximate surface area is 119 Å². The molecule has 1 saturated heterocycles. The fourth-order valence-corrected chi connectivity index (χ4v) is 2.58. The van der Waals surface area contributed by atoms with Crippen LogP contribution >= 0.6 is 12.6 Å². The molecule has 1 aromatic carbocycles. The van der Waals surface area contributed by atoms with Crippen molar-refractivity contribution < 1.29 is 14.3 Å². The number of rotatable bonds is 3. The highest BCUT2D eigenvalue weighted by atomic mass is 32.1. The van der Waals surface area contributed by atoms with Crippen LogP contribution in [0.15, 0.2) is 23.1 Å². The number of benzene rings is 1. The Morgan fingerprint density at radius 2 is 1.84 bits per heavy atom. The number of thiol groups is 1. The number of amides is 1. The summed E-state index contributed by atoms with van der Waals surface area (Å²) in [5.74, 6) is 0.00926. The van der Waals surface area contributed by atoms with Crippen molar-refractivity contribution in [1.29, 1.82) is 0 Å². The lowest BCUT2D eigenvalue weighted by Gasteiger charge is -2.17. The molecule has 0 bridgehead atoms. The van der Waals surface area contributed by atoms with Gasteiger partial charge in [0.05, 0.1) is 0 Å². The molecule has 0 aliphatic carbocycles. The second-order valence-electron chi connectivity index (χ2n) is 4.76. The molecule has 2 unspecified atom stereocenters. The lowest BCUT2D eigenvalue weighted by Crippen LogP contribution is -2.30. The number of likely N-dealkylation sites (tertiary alicyclic amines) is 1. The van der Waals surface area contributed by atoms with Gasteiger partial charge in [-0.1, -0.05) is 6.07 Å². The van der Waals surface area contributed by atoms with E-state index in [1.807, 2.05) is 25.1 Å². The zero-order chi connectivity index (χ0) is 14.0. The van der Waals surface area contributed by atoms with Crippen LogP contribution in [0.4, 0.5) is 0 Å². The highest BCUT2D eigenvalue weighted by molar-refractivity contribution is 7.80. The summed E-state index contributed by atoms with van der Waals surface area (Å²) >= 11 is 4.29. The van der Waals surface area contributed by atoms with Crippen LogP contribution in [-0.4, -0.2) is 50.3 Å². The first-order chi connectivity index (χ1) is 9.06. The van der Waals surface area contributed by atoms with Gasteiger partial charge in [-0.25, -0.2) is 0 Å². The van der Waals surface area contributed by atoms with E-state index in [4.69, 9.17) is 9.47 Å². The summed E-state index contributed by atoms with van der Waals surface area (Å²) in [6, 6.07) is 5.60. The lowest BCUT2D eigenvalue weighted by atomic mass is 10.1. The smallest absolute Gasteiger partial charge is 0.254 e. The van der Waals surface area contributed by atoms with Crippen LogP contribution in [0.1, 0.15) is 15.9 Å². The summed E-state index contributed by atoms with van der Waals surface area (Å²) < 4.78 is 10.7. The van der Waals surface area contributed by atoms with E-state index in [9.17, 15) is 4.79 Å². The van der Waals surface area contributed by atoms with Gasteiger partial charge < -0.3 is 14.4 Å². The molecule has 0 radical (unpaired) electrons. The van der Waals surface area contributed by atoms with Crippen LogP contribution in [-0.2, 0) is 9.47 Å². The molecule has 1 aromatic rings. The summed E-state index contributed by atoms with van der Waals surface area (Å²) in [5.41, 5.74) is 1.65. The van der Waals surface area contributed by atoms with Crippen molar-refractivity contribution in [2.24, 2.45) is 0 Å². The van der Waals surface area contributed by atoms with Crippen molar-refractivity contribution in [1.82, 2.24) is 4.90 Å². The molecule has 0 N–H and O–H groups in total. The molecule has 104 valence electrons. The molecular formula is C14H19NO3S. The second-order valence-corrected chi connectivity index (χ2v) is 5.27. The maximum atomic E-state index is 12.5. The topological polar surface area (TPSA) is 38.8 Å². The molecule has 1 fully saturated rings. The van der Waals surface area contributed by atoms with Crippen LogP contribution < -0.4 is 0 Å². The minimum Gasteiger partial charge on any atom is -0.377 e. The molecule has 0 aromatic heterocycles. The molecule has 1 aliphatic rings. The normalized spacial score (nSPS) is 22.8. The van der Waals surface area contributed by atoms with Crippen LogP contribution in [0, 0.1) is 6.92 Å². The lowest BCUT2D eigenvalue weighted by molar-refractivity contribution is -0.00461. The van der Waals surface area contributed by atoms with Gasteiger partial charge >= 0.3 is 0 Å². The molecule has 1 amide bonds. The third-order valence-corrected chi connectivity index (χ3v) is 3.84. The third kappa shape index (κ3) is 2.94. The average Bonchev–Trinajstić information content (AvgIpc) is 2.84. The standard InChI is InChI=1S/C14H19NO3S/c1-9-4-5-10(19)6-11(9)14(16)15-7-12(17-2)13(8-15)18-3/h4-6,12-13,19H,7-8H2,1-3H3. The monoisotopic (exact) mass is 281 g/mol. The predicted molar refractivity (Wildman–Crippen MR) is 75.9 cm³/mol. The summed E-state index contributed by atoms with van der Waals surface area (Å²) in [4.78, 5) is 15.1.